The van der Waals surface area contributed by atoms with Crippen molar-refractivity contribution in [2.45, 2.75) is 17.1 Å². The van der Waals surface area contributed by atoms with Gasteiger partial charge in [0.2, 0.25) is 0 Å². The second kappa shape index (κ2) is 9.51. The Morgan fingerprint density at radius 1 is 1.00 bits per heavy atom. The summed E-state index contributed by atoms with van der Waals surface area (Å²) in [4.78, 5) is 1.16. The van der Waals surface area contributed by atoms with Crippen molar-refractivity contribution in [2.75, 3.05) is 5.73 Å². The average molecular weight is 337 g/mol. The van der Waals surface area contributed by atoms with Gasteiger partial charge in [0.1, 0.15) is 0 Å². The van der Waals surface area contributed by atoms with Crippen molar-refractivity contribution in [2.24, 2.45) is 0 Å². The first-order valence-corrected chi connectivity index (χ1v) is 7.55. The van der Waals surface area contributed by atoms with Crippen LogP contribution in [-0.2, 0) is 17.1 Å². The number of rotatable bonds is 3. The summed E-state index contributed by atoms with van der Waals surface area (Å²) in [6.07, 6.45) is 0. The van der Waals surface area contributed by atoms with Crippen LogP contribution >= 0.6 is 11.8 Å². The van der Waals surface area contributed by atoms with Crippen LogP contribution in [0.2, 0.25) is 0 Å². The van der Waals surface area contributed by atoms with Crippen molar-refractivity contribution in [3.8, 4) is 0 Å². The number of thioether (sulfide) groups is 1. The molecule has 1 nitrogen and oxygen atoms in total. The molecule has 0 saturated heterocycles. The molecule has 0 aliphatic carbocycles. The maximum atomic E-state index is 5.90. The van der Waals surface area contributed by atoms with Gasteiger partial charge in [-0.25, -0.2) is 24.3 Å². The predicted octanol–water partition coefficient (Wildman–Crippen LogP) is 5.24. The Bertz CT molecular complexity index is 570. The van der Waals surface area contributed by atoms with Gasteiger partial charge < -0.3 is 5.73 Å². The first-order valence-electron chi connectivity index (χ1n) is 6.67. The van der Waals surface area contributed by atoms with Gasteiger partial charge in [-0.05, 0) is 17.4 Å². The van der Waals surface area contributed by atoms with E-state index in [4.69, 9.17) is 5.73 Å². The SMILES string of the molecule is CC(Sc1ccccc1N)[c-]1cccc1.[Fe+2].c1cc[cH-]c1. The molecule has 0 radical (unpaired) electrons. The van der Waals surface area contributed by atoms with Crippen molar-refractivity contribution >= 4 is 17.4 Å². The van der Waals surface area contributed by atoms with Crippen molar-refractivity contribution in [3.63, 3.8) is 0 Å². The number of para-hydroxylation sites is 1. The molecule has 0 bridgehead atoms. The molecule has 3 aromatic carbocycles. The van der Waals surface area contributed by atoms with Crippen molar-refractivity contribution < 1.29 is 17.1 Å². The number of benzene rings is 1. The van der Waals surface area contributed by atoms with Gasteiger partial charge >= 0.3 is 17.1 Å². The summed E-state index contributed by atoms with van der Waals surface area (Å²) >= 11 is 1.80. The van der Waals surface area contributed by atoms with Gasteiger partial charge in [0, 0.05) is 10.6 Å². The minimum Gasteiger partial charge on any atom is -0.398 e. The molecule has 0 amide bonds. The molecular formula is C18H19FeNS. The second-order valence-electron chi connectivity index (χ2n) is 4.48. The first kappa shape index (κ1) is 17.6. The molecule has 0 fully saturated rings. The molecule has 0 aromatic heterocycles. The van der Waals surface area contributed by atoms with Gasteiger partial charge in [0.15, 0.2) is 0 Å². The van der Waals surface area contributed by atoms with Crippen LogP contribution in [-0.4, -0.2) is 0 Å². The third-order valence-electron chi connectivity index (χ3n) is 2.94. The van der Waals surface area contributed by atoms with Crippen LogP contribution in [0.5, 0.6) is 0 Å². The Balaban J connectivity index is 0.000000313. The van der Waals surface area contributed by atoms with Gasteiger partial charge in [-0.15, -0.1) is 17.3 Å². The van der Waals surface area contributed by atoms with E-state index < -0.39 is 0 Å². The average Bonchev–Trinajstić information content (AvgIpc) is 3.17. The summed E-state index contributed by atoms with van der Waals surface area (Å²) in [6.45, 7) is 2.20. The smallest absolute Gasteiger partial charge is 0.398 e. The van der Waals surface area contributed by atoms with Crippen molar-refractivity contribution in [1.29, 1.82) is 0 Å². The van der Waals surface area contributed by atoms with E-state index in [0.29, 0.717) is 5.25 Å². The van der Waals surface area contributed by atoms with Crippen LogP contribution in [0.3, 0.4) is 0 Å². The van der Waals surface area contributed by atoms with Crippen molar-refractivity contribution in [3.05, 3.63) is 84.4 Å². The molecule has 3 heteroatoms. The third kappa shape index (κ3) is 5.84. The van der Waals surface area contributed by atoms with Gasteiger partial charge in [0.25, 0.3) is 0 Å². The minimum absolute atomic E-state index is 0. The van der Waals surface area contributed by atoms with Gasteiger partial charge in [-0.2, -0.15) is 30.3 Å². The molecule has 1 atom stereocenters. The van der Waals surface area contributed by atoms with Crippen LogP contribution in [0.15, 0.2) is 83.8 Å². The van der Waals surface area contributed by atoms with Crippen molar-refractivity contribution in [1.82, 2.24) is 0 Å². The molecule has 21 heavy (non-hydrogen) atoms. The molecular weight excluding hydrogens is 318 g/mol. The number of nitrogens with two attached hydrogens (primary N) is 1. The number of hydrogen-bond donors (Lipinski definition) is 1. The second-order valence-corrected chi connectivity index (χ2v) is 5.86. The summed E-state index contributed by atoms with van der Waals surface area (Å²) in [5.74, 6) is 0. The van der Waals surface area contributed by atoms with E-state index in [1.54, 1.807) is 11.8 Å². The molecule has 110 valence electrons. The van der Waals surface area contributed by atoms with Gasteiger partial charge in [-0.1, -0.05) is 19.1 Å². The summed E-state index contributed by atoms with van der Waals surface area (Å²) in [6, 6.07) is 26.4. The summed E-state index contributed by atoms with van der Waals surface area (Å²) in [7, 11) is 0. The van der Waals surface area contributed by atoms with E-state index in [1.165, 1.54) is 5.56 Å². The molecule has 0 spiro atoms. The number of anilines is 1. The Kier molecular flexibility index (Phi) is 7.99. The van der Waals surface area contributed by atoms with E-state index in [1.807, 2.05) is 48.5 Å². The molecule has 3 aromatic rings. The van der Waals surface area contributed by atoms with E-state index >= 15 is 0 Å². The largest absolute Gasteiger partial charge is 2.00 e. The zero-order chi connectivity index (χ0) is 14.2. The predicted molar refractivity (Wildman–Crippen MR) is 89.2 cm³/mol. The fraction of sp³-hybridized carbons (Fsp3) is 0.111. The van der Waals surface area contributed by atoms with E-state index in [2.05, 4.69) is 37.3 Å². The molecule has 0 heterocycles. The van der Waals surface area contributed by atoms with E-state index in [9.17, 15) is 0 Å². The zero-order valence-electron chi connectivity index (χ0n) is 11.9. The fourth-order valence-electron chi connectivity index (χ4n) is 1.83. The summed E-state index contributed by atoms with van der Waals surface area (Å²) in [5, 5.41) is 0.449. The maximum absolute atomic E-state index is 5.90. The van der Waals surface area contributed by atoms with Crippen LogP contribution in [0.1, 0.15) is 17.7 Å². The summed E-state index contributed by atoms with van der Waals surface area (Å²) in [5.41, 5.74) is 8.11. The van der Waals surface area contributed by atoms with E-state index in [0.717, 1.165) is 10.6 Å². The monoisotopic (exact) mass is 337 g/mol. The zero-order valence-corrected chi connectivity index (χ0v) is 13.8. The van der Waals surface area contributed by atoms with Crippen LogP contribution in [0, 0.1) is 0 Å². The van der Waals surface area contributed by atoms with Gasteiger partial charge in [-0.3, -0.25) is 0 Å². The third-order valence-corrected chi connectivity index (χ3v) is 4.19. The van der Waals surface area contributed by atoms with Crippen LogP contribution in [0.25, 0.3) is 0 Å². The number of nitrogen functional groups attached to an aromatic ring is 1. The molecule has 0 saturated carbocycles. The minimum atomic E-state index is 0. The Morgan fingerprint density at radius 3 is 2.14 bits per heavy atom. The normalized spacial score (nSPS) is 10.9. The quantitative estimate of drug-likeness (QED) is 0.306. The molecule has 2 N–H and O–H groups in total. The molecule has 3 rings (SSSR count). The van der Waals surface area contributed by atoms with Crippen LogP contribution in [0.4, 0.5) is 5.69 Å². The molecule has 0 aliphatic heterocycles. The molecule has 0 aliphatic rings. The Hall–Kier alpha value is -1.41. The fourth-order valence-corrected chi connectivity index (χ4v) is 2.86. The first-order chi connectivity index (χ1) is 9.77. The maximum Gasteiger partial charge on any atom is 2.00 e. The van der Waals surface area contributed by atoms with Crippen LogP contribution < -0.4 is 5.73 Å². The Labute approximate surface area is 141 Å². The van der Waals surface area contributed by atoms with E-state index in [-0.39, 0.29) is 17.1 Å². The van der Waals surface area contributed by atoms with Gasteiger partial charge in [0.05, 0.1) is 0 Å². The number of hydrogen-bond acceptors (Lipinski definition) is 2. The molecule has 1 unspecified atom stereocenters. The standard InChI is InChI=1S/C13H14NS.C5H5.Fe/c1-10(11-6-2-3-7-11)15-13-9-5-4-8-12(13)14;1-2-4-5-3-1;/h2-10H,14H2,1H3;1-5H;/q2*-1;+2. The Morgan fingerprint density at radius 2 is 1.62 bits per heavy atom. The summed E-state index contributed by atoms with van der Waals surface area (Å²) < 4.78 is 0. The topological polar surface area (TPSA) is 26.0 Å².